The fourth-order valence-electron chi connectivity index (χ4n) is 1.90. The number of aliphatic imine (C=N–C) groups is 1. The van der Waals surface area contributed by atoms with Crippen molar-refractivity contribution in [3.05, 3.63) is 47.5 Å². The van der Waals surface area contributed by atoms with Gasteiger partial charge in [-0.15, -0.1) is 24.0 Å². The van der Waals surface area contributed by atoms with E-state index in [1.54, 1.807) is 7.11 Å². The van der Waals surface area contributed by atoms with Crippen LogP contribution in [-0.2, 0) is 6.54 Å². The van der Waals surface area contributed by atoms with E-state index in [1.807, 2.05) is 44.2 Å². The van der Waals surface area contributed by atoms with Gasteiger partial charge >= 0.3 is 0 Å². The average Bonchev–Trinajstić information content (AvgIpc) is 2.45. The summed E-state index contributed by atoms with van der Waals surface area (Å²) in [6.07, 6.45) is 0. The lowest BCUT2D eigenvalue weighted by Gasteiger charge is -2.07. The highest BCUT2D eigenvalue weighted by Gasteiger charge is 2.00. The Balaban J connectivity index is 0.00000242. The molecule has 3 N–H and O–H groups in total. The Labute approximate surface area is 147 Å². The van der Waals surface area contributed by atoms with Crippen LogP contribution in [0.1, 0.15) is 17.2 Å². The van der Waals surface area contributed by atoms with E-state index in [2.05, 4.69) is 20.3 Å². The van der Waals surface area contributed by atoms with Crippen LogP contribution in [-0.4, -0.2) is 23.0 Å². The Bertz CT molecular complexity index is 623. The van der Waals surface area contributed by atoms with E-state index >= 15 is 0 Å². The first-order valence-corrected chi connectivity index (χ1v) is 6.59. The maximum absolute atomic E-state index is 5.86. The van der Waals surface area contributed by atoms with Crippen LogP contribution in [0, 0.1) is 13.8 Å². The number of nitrogens with two attached hydrogens (primary N) is 1. The second-order valence-electron chi connectivity index (χ2n) is 4.60. The quantitative estimate of drug-likeness (QED) is 0.458. The van der Waals surface area contributed by atoms with Crippen LogP contribution in [0.4, 0.5) is 5.69 Å². The van der Waals surface area contributed by atoms with Crippen molar-refractivity contribution in [2.45, 2.75) is 20.4 Å². The van der Waals surface area contributed by atoms with Gasteiger partial charge in [-0.1, -0.05) is 0 Å². The maximum Gasteiger partial charge on any atom is 0.193 e. The van der Waals surface area contributed by atoms with Crippen LogP contribution in [0.2, 0.25) is 0 Å². The molecular formula is C15H20IN5O. The number of ether oxygens (including phenoxy) is 1. The molecule has 0 fully saturated rings. The van der Waals surface area contributed by atoms with Gasteiger partial charge in [-0.25, -0.2) is 15.0 Å². The van der Waals surface area contributed by atoms with E-state index in [0.717, 1.165) is 28.6 Å². The van der Waals surface area contributed by atoms with Crippen molar-refractivity contribution in [2.24, 2.45) is 10.7 Å². The Kier molecular flexibility index (Phi) is 7.03. The summed E-state index contributed by atoms with van der Waals surface area (Å²) in [6.45, 7) is 4.21. The molecule has 0 saturated heterocycles. The fourth-order valence-corrected chi connectivity index (χ4v) is 1.90. The molecule has 2 rings (SSSR count). The number of hydrogen-bond acceptors (Lipinski definition) is 4. The minimum absolute atomic E-state index is 0. The number of aromatic nitrogens is 2. The minimum atomic E-state index is 0. The van der Waals surface area contributed by atoms with Crippen LogP contribution in [0.15, 0.2) is 35.3 Å². The lowest BCUT2D eigenvalue weighted by atomic mass is 10.3. The summed E-state index contributed by atoms with van der Waals surface area (Å²) in [6, 6.07) is 9.36. The van der Waals surface area contributed by atoms with E-state index in [1.165, 1.54) is 0 Å². The first-order valence-electron chi connectivity index (χ1n) is 6.59. The molecule has 0 bridgehead atoms. The van der Waals surface area contributed by atoms with Crippen LogP contribution >= 0.6 is 24.0 Å². The van der Waals surface area contributed by atoms with Gasteiger partial charge in [0.15, 0.2) is 5.96 Å². The Morgan fingerprint density at radius 1 is 1.23 bits per heavy atom. The van der Waals surface area contributed by atoms with E-state index in [9.17, 15) is 0 Å². The third-order valence-corrected chi connectivity index (χ3v) is 2.79. The molecule has 0 aliphatic carbocycles. The molecule has 1 heterocycles. The number of benzene rings is 1. The molecule has 1 aromatic carbocycles. The highest BCUT2D eigenvalue weighted by atomic mass is 127. The smallest absolute Gasteiger partial charge is 0.193 e. The van der Waals surface area contributed by atoms with Gasteiger partial charge in [0.25, 0.3) is 0 Å². The number of anilines is 1. The number of rotatable bonds is 4. The van der Waals surface area contributed by atoms with Gasteiger partial charge in [0.05, 0.1) is 19.3 Å². The fraction of sp³-hybridized carbons (Fsp3) is 0.267. The van der Waals surface area contributed by atoms with Gasteiger partial charge < -0.3 is 15.8 Å². The molecule has 22 heavy (non-hydrogen) atoms. The normalized spacial score (nSPS) is 10.8. The van der Waals surface area contributed by atoms with Crippen molar-refractivity contribution in [3.63, 3.8) is 0 Å². The Morgan fingerprint density at radius 2 is 1.91 bits per heavy atom. The second kappa shape index (κ2) is 8.52. The molecule has 0 unspecified atom stereocenters. The summed E-state index contributed by atoms with van der Waals surface area (Å²) >= 11 is 0. The van der Waals surface area contributed by atoms with E-state index in [0.29, 0.717) is 12.5 Å². The van der Waals surface area contributed by atoms with Crippen molar-refractivity contribution < 1.29 is 4.74 Å². The van der Waals surface area contributed by atoms with Crippen molar-refractivity contribution in [2.75, 3.05) is 12.4 Å². The molecular weight excluding hydrogens is 393 g/mol. The number of hydrogen-bond donors (Lipinski definition) is 2. The molecule has 0 aliphatic rings. The lowest BCUT2D eigenvalue weighted by Crippen LogP contribution is -2.22. The molecule has 1 aromatic heterocycles. The first kappa shape index (κ1) is 18.1. The summed E-state index contributed by atoms with van der Waals surface area (Å²) in [7, 11) is 1.63. The van der Waals surface area contributed by atoms with E-state index in [4.69, 9.17) is 10.5 Å². The summed E-state index contributed by atoms with van der Waals surface area (Å²) in [5.74, 6) is 1.87. The SMILES string of the molecule is COc1ccc(NC(N)=NCc2cc(C)nc(C)n2)cc1.I. The maximum atomic E-state index is 5.86. The first-order chi connectivity index (χ1) is 10.1. The molecule has 0 radical (unpaired) electrons. The zero-order chi connectivity index (χ0) is 15.2. The summed E-state index contributed by atoms with van der Waals surface area (Å²) in [4.78, 5) is 12.8. The third kappa shape index (κ3) is 5.47. The van der Waals surface area contributed by atoms with Gasteiger partial charge in [0.2, 0.25) is 0 Å². The van der Waals surface area contributed by atoms with Crippen LogP contribution in [0.3, 0.4) is 0 Å². The standard InChI is InChI=1S/C15H19N5O.HI/c1-10-8-13(19-11(2)18-10)9-17-15(16)20-12-4-6-14(21-3)7-5-12;/h4-8H,9H2,1-3H3,(H3,16,17,20);1H. The number of nitrogens with zero attached hydrogens (tertiary/aromatic N) is 3. The molecule has 118 valence electrons. The van der Waals surface area contributed by atoms with Gasteiger partial charge in [0.1, 0.15) is 11.6 Å². The van der Waals surface area contributed by atoms with Crippen LogP contribution in [0.5, 0.6) is 5.75 Å². The number of guanidine groups is 1. The molecule has 0 saturated carbocycles. The topological polar surface area (TPSA) is 85.4 Å². The van der Waals surface area contributed by atoms with Gasteiger partial charge in [-0.3, -0.25) is 0 Å². The molecule has 2 aromatic rings. The molecule has 0 aliphatic heterocycles. The largest absolute Gasteiger partial charge is 0.497 e. The van der Waals surface area contributed by atoms with Crippen molar-refractivity contribution in [1.82, 2.24) is 9.97 Å². The van der Waals surface area contributed by atoms with Crippen LogP contribution < -0.4 is 15.8 Å². The summed E-state index contributed by atoms with van der Waals surface area (Å²) in [5, 5.41) is 3.02. The van der Waals surface area contributed by atoms with Gasteiger partial charge in [-0.05, 0) is 44.2 Å². The van der Waals surface area contributed by atoms with E-state index in [-0.39, 0.29) is 24.0 Å². The second-order valence-corrected chi connectivity index (χ2v) is 4.60. The van der Waals surface area contributed by atoms with Crippen molar-refractivity contribution in [3.8, 4) is 5.75 Å². The summed E-state index contributed by atoms with van der Waals surface area (Å²) in [5.41, 5.74) is 8.49. The highest BCUT2D eigenvalue weighted by Crippen LogP contribution is 2.14. The van der Waals surface area contributed by atoms with Crippen molar-refractivity contribution >= 4 is 35.6 Å². The van der Waals surface area contributed by atoms with Crippen LogP contribution in [0.25, 0.3) is 0 Å². The average molecular weight is 413 g/mol. The molecule has 6 nitrogen and oxygen atoms in total. The molecule has 0 amide bonds. The molecule has 0 atom stereocenters. The summed E-state index contributed by atoms with van der Waals surface area (Å²) < 4.78 is 5.10. The number of methoxy groups -OCH3 is 1. The Morgan fingerprint density at radius 3 is 2.50 bits per heavy atom. The number of halogens is 1. The Hall–Kier alpha value is -1.90. The highest BCUT2D eigenvalue weighted by molar-refractivity contribution is 14.0. The monoisotopic (exact) mass is 413 g/mol. The van der Waals surface area contributed by atoms with Gasteiger partial charge in [-0.2, -0.15) is 0 Å². The zero-order valence-corrected chi connectivity index (χ0v) is 15.2. The predicted octanol–water partition coefficient (Wildman–Crippen LogP) is 2.65. The third-order valence-electron chi connectivity index (χ3n) is 2.79. The van der Waals surface area contributed by atoms with Crippen molar-refractivity contribution in [1.29, 1.82) is 0 Å². The number of aryl methyl sites for hydroxylation is 2. The molecule has 0 spiro atoms. The van der Waals surface area contributed by atoms with E-state index < -0.39 is 0 Å². The van der Waals surface area contributed by atoms with Gasteiger partial charge in [0, 0.05) is 11.4 Å². The zero-order valence-electron chi connectivity index (χ0n) is 12.8. The lowest BCUT2D eigenvalue weighted by molar-refractivity contribution is 0.415. The number of nitrogens with one attached hydrogen (secondary N) is 1. The predicted molar refractivity (Wildman–Crippen MR) is 98.9 cm³/mol. The molecule has 7 heteroatoms. The minimum Gasteiger partial charge on any atom is -0.497 e.